The first-order chi connectivity index (χ1) is 18.3. The summed E-state index contributed by atoms with van der Waals surface area (Å²) in [5.41, 5.74) is 8.38. The van der Waals surface area contributed by atoms with Gasteiger partial charge in [0.05, 0.1) is 43.1 Å². The van der Waals surface area contributed by atoms with Crippen LogP contribution in [-0.2, 0) is 24.9 Å². The number of fused-ring (bicyclic) bond motifs is 1. The van der Waals surface area contributed by atoms with E-state index in [2.05, 4.69) is 16.3 Å². The van der Waals surface area contributed by atoms with E-state index in [-0.39, 0.29) is 28.9 Å². The number of aromatic nitrogens is 5. The number of rotatable bonds is 8. The van der Waals surface area contributed by atoms with E-state index in [1.165, 1.54) is 4.52 Å². The van der Waals surface area contributed by atoms with Crippen LogP contribution in [0.4, 0.5) is 5.82 Å². The average molecular weight is 536 g/mol. The van der Waals surface area contributed by atoms with Gasteiger partial charge in [-0.1, -0.05) is 18.2 Å². The first-order valence-corrected chi connectivity index (χ1v) is 14.2. The molecule has 0 radical (unpaired) electrons. The number of hydrogen-bond donors (Lipinski definition) is 1. The van der Waals surface area contributed by atoms with Crippen molar-refractivity contribution in [2.24, 2.45) is 5.92 Å². The van der Waals surface area contributed by atoms with Crippen LogP contribution in [0.15, 0.2) is 53.8 Å². The van der Waals surface area contributed by atoms with Gasteiger partial charge in [0.25, 0.3) is 0 Å². The molecular formula is C26H29N7O4S. The number of nitriles is 1. The van der Waals surface area contributed by atoms with Crippen LogP contribution in [0.2, 0.25) is 0 Å². The lowest BCUT2D eigenvalue weighted by Gasteiger charge is -2.39. The van der Waals surface area contributed by atoms with Crippen molar-refractivity contribution in [3.63, 3.8) is 0 Å². The summed E-state index contributed by atoms with van der Waals surface area (Å²) in [4.78, 5) is 4.80. The van der Waals surface area contributed by atoms with Gasteiger partial charge in [0.15, 0.2) is 15.5 Å². The normalized spacial score (nSPS) is 20.0. The SMILES string of the molecule is COCCOC1(c2nc3c(-c4cnn(-c5ccccc5)c4)cnn3c(N)c2S(C)(=O)=O)CCC(C#N)CC1. The van der Waals surface area contributed by atoms with Gasteiger partial charge in [-0.05, 0) is 37.8 Å². The van der Waals surface area contributed by atoms with E-state index >= 15 is 0 Å². The summed E-state index contributed by atoms with van der Waals surface area (Å²) in [6.45, 7) is 0.561. The van der Waals surface area contributed by atoms with Crippen LogP contribution in [0.1, 0.15) is 31.4 Å². The minimum atomic E-state index is -3.82. The Hall–Kier alpha value is -3.79. The van der Waals surface area contributed by atoms with Gasteiger partial charge in [-0.2, -0.15) is 20.0 Å². The summed E-state index contributed by atoms with van der Waals surface area (Å²) in [6.07, 6.45) is 8.22. The lowest BCUT2D eigenvalue weighted by molar-refractivity contribution is -0.0979. The largest absolute Gasteiger partial charge is 0.382 e. The molecule has 0 aliphatic heterocycles. The van der Waals surface area contributed by atoms with Gasteiger partial charge >= 0.3 is 0 Å². The second-order valence-electron chi connectivity index (χ2n) is 9.49. The Balaban J connectivity index is 1.69. The number of anilines is 1. The van der Waals surface area contributed by atoms with Crippen molar-refractivity contribution >= 4 is 21.3 Å². The Bertz CT molecular complexity index is 1600. The second-order valence-corrected chi connectivity index (χ2v) is 11.4. The maximum absolute atomic E-state index is 13.1. The van der Waals surface area contributed by atoms with Gasteiger partial charge in [-0.15, -0.1) is 0 Å². The smallest absolute Gasteiger partial charge is 0.181 e. The highest BCUT2D eigenvalue weighted by atomic mass is 32.2. The van der Waals surface area contributed by atoms with Crippen LogP contribution in [-0.4, -0.2) is 59.4 Å². The molecule has 0 bridgehead atoms. The van der Waals surface area contributed by atoms with Gasteiger partial charge in [-0.3, -0.25) is 0 Å². The average Bonchev–Trinajstić information content (AvgIpc) is 3.56. The molecule has 0 amide bonds. The Morgan fingerprint density at radius 2 is 1.89 bits per heavy atom. The zero-order chi connectivity index (χ0) is 26.9. The maximum Gasteiger partial charge on any atom is 0.181 e. The summed E-state index contributed by atoms with van der Waals surface area (Å²) < 4.78 is 40.8. The number of sulfone groups is 1. The van der Waals surface area contributed by atoms with Crippen molar-refractivity contribution in [3.05, 3.63) is 54.6 Å². The number of ether oxygens (including phenoxy) is 2. The van der Waals surface area contributed by atoms with Crippen LogP contribution in [0, 0.1) is 17.2 Å². The Kier molecular flexibility index (Phi) is 6.92. The summed E-state index contributed by atoms with van der Waals surface area (Å²) in [7, 11) is -2.25. The highest BCUT2D eigenvalue weighted by Crippen LogP contribution is 2.45. The van der Waals surface area contributed by atoms with E-state index in [4.69, 9.17) is 20.2 Å². The van der Waals surface area contributed by atoms with E-state index in [1.54, 1.807) is 24.2 Å². The van der Waals surface area contributed by atoms with Crippen LogP contribution in [0.5, 0.6) is 0 Å². The number of hydrogen-bond acceptors (Lipinski definition) is 9. The molecule has 0 spiro atoms. The van der Waals surface area contributed by atoms with E-state index in [0.717, 1.165) is 17.5 Å². The zero-order valence-electron chi connectivity index (χ0n) is 21.2. The molecule has 3 heterocycles. The molecule has 2 N–H and O–H groups in total. The molecule has 1 aliphatic carbocycles. The molecule has 3 aromatic heterocycles. The van der Waals surface area contributed by atoms with Crippen LogP contribution >= 0.6 is 0 Å². The minimum Gasteiger partial charge on any atom is -0.382 e. The van der Waals surface area contributed by atoms with Gasteiger partial charge in [-0.25, -0.2) is 18.1 Å². The molecule has 38 heavy (non-hydrogen) atoms. The summed E-state index contributed by atoms with van der Waals surface area (Å²) in [6, 6.07) is 12.0. The van der Waals surface area contributed by atoms with Crippen LogP contribution in [0.3, 0.4) is 0 Å². The van der Waals surface area contributed by atoms with Crippen LogP contribution < -0.4 is 5.73 Å². The van der Waals surface area contributed by atoms with Gasteiger partial charge in [0.1, 0.15) is 16.3 Å². The predicted octanol–water partition coefficient (Wildman–Crippen LogP) is 3.14. The topological polar surface area (TPSA) is 150 Å². The quantitative estimate of drug-likeness (QED) is 0.336. The third kappa shape index (κ3) is 4.64. The van der Waals surface area contributed by atoms with Crippen molar-refractivity contribution < 1.29 is 17.9 Å². The van der Waals surface area contributed by atoms with Crippen molar-refractivity contribution in [2.75, 3.05) is 32.3 Å². The van der Waals surface area contributed by atoms with Gasteiger partial charge in [0, 0.05) is 36.6 Å². The molecular weight excluding hydrogens is 506 g/mol. The molecule has 1 aromatic carbocycles. The molecule has 0 unspecified atom stereocenters. The third-order valence-electron chi connectivity index (χ3n) is 7.00. The van der Waals surface area contributed by atoms with E-state index < -0.39 is 15.4 Å². The van der Waals surface area contributed by atoms with E-state index in [9.17, 15) is 13.7 Å². The Morgan fingerprint density at radius 1 is 1.16 bits per heavy atom. The fourth-order valence-electron chi connectivity index (χ4n) is 5.04. The van der Waals surface area contributed by atoms with Crippen molar-refractivity contribution in [3.8, 4) is 22.9 Å². The first kappa shape index (κ1) is 25.8. The molecule has 0 atom stereocenters. The number of para-hydroxylation sites is 1. The predicted molar refractivity (Wildman–Crippen MR) is 140 cm³/mol. The number of nitrogens with two attached hydrogens (primary N) is 1. The number of benzene rings is 1. The summed E-state index contributed by atoms with van der Waals surface area (Å²) in [5.74, 6) is -0.169. The highest BCUT2D eigenvalue weighted by Gasteiger charge is 2.44. The first-order valence-electron chi connectivity index (χ1n) is 12.3. The monoisotopic (exact) mass is 535 g/mol. The molecule has 4 aromatic rings. The molecule has 1 aliphatic rings. The minimum absolute atomic E-state index is 0.0358. The molecule has 11 nitrogen and oxygen atoms in total. The lowest BCUT2D eigenvalue weighted by atomic mass is 9.77. The summed E-state index contributed by atoms with van der Waals surface area (Å²) in [5, 5.41) is 18.3. The highest BCUT2D eigenvalue weighted by molar-refractivity contribution is 7.91. The molecule has 12 heteroatoms. The van der Waals surface area contributed by atoms with Gasteiger partial charge in [0.2, 0.25) is 0 Å². The fourth-order valence-corrected chi connectivity index (χ4v) is 6.09. The molecule has 198 valence electrons. The standard InChI is InChI=1S/C26H29N7O4S/c1-36-12-13-37-26(10-8-18(14-27)9-11-26)23-22(38(2,34)35)24(28)33-25(31-23)21(16-30-33)19-15-29-32(17-19)20-6-4-3-5-7-20/h3-7,15-18H,8-13,28H2,1-2H3. The Morgan fingerprint density at radius 3 is 2.55 bits per heavy atom. The number of nitrogens with zero attached hydrogens (tertiary/aromatic N) is 6. The third-order valence-corrected chi connectivity index (χ3v) is 8.14. The number of methoxy groups -OCH3 is 1. The van der Waals surface area contributed by atoms with E-state index in [1.807, 2.05) is 36.5 Å². The van der Waals surface area contributed by atoms with E-state index in [0.29, 0.717) is 43.5 Å². The molecule has 1 saturated carbocycles. The lowest BCUT2D eigenvalue weighted by Crippen LogP contribution is -2.38. The molecule has 1 fully saturated rings. The van der Waals surface area contributed by atoms with Crippen LogP contribution in [0.25, 0.3) is 22.5 Å². The molecule has 5 rings (SSSR count). The van der Waals surface area contributed by atoms with Crippen molar-refractivity contribution in [1.29, 1.82) is 5.26 Å². The fraction of sp³-hybridized carbons (Fsp3) is 0.385. The Labute approximate surface area is 220 Å². The van der Waals surface area contributed by atoms with Crippen molar-refractivity contribution in [2.45, 2.75) is 36.2 Å². The second kappa shape index (κ2) is 10.2. The van der Waals surface area contributed by atoms with Gasteiger partial charge < -0.3 is 15.2 Å². The van der Waals surface area contributed by atoms with Crippen molar-refractivity contribution in [1.82, 2.24) is 24.4 Å². The maximum atomic E-state index is 13.1. The number of nitrogen functional groups attached to an aromatic ring is 1. The zero-order valence-corrected chi connectivity index (χ0v) is 22.1. The molecule has 0 saturated heterocycles. The summed E-state index contributed by atoms with van der Waals surface area (Å²) >= 11 is 0.